The summed E-state index contributed by atoms with van der Waals surface area (Å²) in [5.41, 5.74) is 3.32. The third-order valence-corrected chi connectivity index (χ3v) is 3.94. The molecule has 8 heteroatoms. The molecule has 0 aromatic heterocycles. The largest absolute Gasteiger partial charge is 0.493 e. The Morgan fingerprint density at radius 2 is 1.96 bits per heavy atom. The lowest BCUT2D eigenvalue weighted by Crippen LogP contribution is -2.32. The fourth-order valence-corrected chi connectivity index (χ4v) is 2.37. The topological polar surface area (TPSA) is 89.0 Å². The molecule has 2 amide bonds. The highest BCUT2D eigenvalue weighted by molar-refractivity contribution is 9.10. The second kappa shape index (κ2) is 10.1. The maximum atomic E-state index is 11.9. The minimum absolute atomic E-state index is 0.354. The third kappa shape index (κ3) is 5.96. The third-order valence-electron chi connectivity index (χ3n) is 3.25. The fraction of sp³-hybridized carbons (Fsp3) is 0.105. The molecule has 7 nitrogen and oxygen atoms in total. The first-order valence-corrected chi connectivity index (χ1v) is 8.65. The molecule has 2 N–H and O–H groups in total. The van der Waals surface area contributed by atoms with Gasteiger partial charge >= 0.3 is 11.8 Å². The lowest BCUT2D eigenvalue weighted by atomic mass is 10.2. The number of halogens is 1. The zero-order chi connectivity index (χ0) is 19.6. The number of rotatable bonds is 7. The SMILES string of the molecule is C=CCOc1ccc(/C=N\NC(=O)C(=O)Nc2ccccc2Br)cc1OC. The zero-order valence-corrected chi connectivity index (χ0v) is 16.2. The van der Waals surface area contributed by atoms with E-state index in [1.165, 1.54) is 13.3 Å². The van der Waals surface area contributed by atoms with Crippen molar-refractivity contribution in [1.82, 2.24) is 5.43 Å². The first-order valence-electron chi connectivity index (χ1n) is 7.85. The van der Waals surface area contributed by atoms with Crippen LogP contribution in [0.15, 0.2) is 64.7 Å². The van der Waals surface area contributed by atoms with E-state index in [-0.39, 0.29) is 0 Å². The van der Waals surface area contributed by atoms with Crippen molar-refractivity contribution < 1.29 is 19.1 Å². The summed E-state index contributed by atoms with van der Waals surface area (Å²) in [4.78, 5) is 23.7. The Labute approximate surface area is 165 Å². The van der Waals surface area contributed by atoms with Crippen LogP contribution < -0.4 is 20.2 Å². The predicted octanol–water partition coefficient (Wildman–Crippen LogP) is 3.11. The molecule has 0 fully saturated rings. The molecule has 0 atom stereocenters. The van der Waals surface area contributed by atoms with E-state index in [1.807, 2.05) is 0 Å². The normalized spacial score (nSPS) is 10.3. The zero-order valence-electron chi connectivity index (χ0n) is 14.6. The van der Waals surface area contributed by atoms with Gasteiger partial charge in [0.15, 0.2) is 11.5 Å². The average molecular weight is 432 g/mol. The molecule has 0 aliphatic heterocycles. The van der Waals surface area contributed by atoms with Crippen molar-refractivity contribution >= 4 is 39.6 Å². The monoisotopic (exact) mass is 431 g/mol. The van der Waals surface area contributed by atoms with Gasteiger partial charge in [-0.1, -0.05) is 24.8 Å². The van der Waals surface area contributed by atoms with Crippen LogP contribution in [-0.2, 0) is 9.59 Å². The lowest BCUT2D eigenvalue weighted by Gasteiger charge is -2.09. The number of hydrogen-bond donors (Lipinski definition) is 2. The maximum absolute atomic E-state index is 11.9. The van der Waals surface area contributed by atoms with Gasteiger partial charge in [-0.05, 0) is 51.8 Å². The molecule has 2 rings (SSSR count). The highest BCUT2D eigenvalue weighted by Gasteiger charge is 2.14. The summed E-state index contributed by atoms with van der Waals surface area (Å²) in [6.07, 6.45) is 3.02. The lowest BCUT2D eigenvalue weighted by molar-refractivity contribution is -0.136. The minimum Gasteiger partial charge on any atom is -0.493 e. The van der Waals surface area contributed by atoms with Crippen molar-refractivity contribution in [3.05, 3.63) is 65.2 Å². The van der Waals surface area contributed by atoms with Gasteiger partial charge in [0, 0.05) is 4.47 Å². The average Bonchev–Trinajstić information content (AvgIpc) is 2.68. The van der Waals surface area contributed by atoms with Gasteiger partial charge in [0.2, 0.25) is 0 Å². The highest BCUT2D eigenvalue weighted by Crippen LogP contribution is 2.27. The number of carbonyl (C=O) groups is 2. The summed E-state index contributed by atoms with van der Waals surface area (Å²) >= 11 is 3.29. The molecule has 0 aliphatic carbocycles. The smallest absolute Gasteiger partial charge is 0.329 e. The molecule has 140 valence electrons. The standard InChI is InChI=1S/C19H18BrN3O4/c1-3-10-27-16-9-8-13(11-17(16)26-2)12-21-23-19(25)18(24)22-15-7-5-4-6-14(15)20/h3-9,11-12H,1,10H2,2H3,(H,22,24)(H,23,25)/b21-12-. The molecule has 0 bridgehead atoms. The van der Waals surface area contributed by atoms with Gasteiger partial charge in [-0.25, -0.2) is 5.43 Å². The second-order valence-corrected chi connectivity index (χ2v) is 6.00. The Bertz CT molecular complexity index is 868. The number of nitrogens with one attached hydrogen (secondary N) is 2. The summed E-state index contributed by atoms with van der Waals surface area (Å²) < 4.78 is 11.4. The van der Waals surface area contributed by atoms with Crippen molar-refractivity contribution in [2.75, 3.05) is 19.0 Å². The van der Waals surface area contributed by atoms with Crippen molar-refractivity contribution in [1.29, 1.82) is 0 Å². The fourth-order valence-electron chi connectivity index (χ4n) is 1.99. The van der Waals surface area contributed by atoms with Crippen molar-refractivity contribution in [2.24, 2.45) is 5.10 Å². The van der Waals surface area contributed by atoms with Crippen LogP contribution in [0.5, 0.6) is 11.5 Å². The van der Waals surface area contributed by atoms with Gasteiger partial charge in [0.25, 0.3) is 0 Å². The van der Waals surface area contributed by atoms with Gasteiger partial charge in [0.05, 0.1) is 19.0 Å². The van der Waals surface area contributed by atoms with E-state index in [2.05, 4.69) is 38.4 Å². The number of amides is 2. The van der Waals surface area contributed by atoms with E-state index in [1.54, 1.807) is 48.5 Å². The maximum Gasteiger partial charge on any atom is 0.329 e. The number of methoxy groups -OCH3 is 1. The van der Waals surface area contributed by atoms with Gasteiger partial charge in [-0.2, -0.15) is 5.10 Å². The Kier molecular flexibility index (Phi) is 7.57. The molecule has 27 heavy (non-hydrogen) atoms. The van der Waals surface area contributed by atoms with Gasteiger partial charge in [0.1, 0.15) is 6.61 Å². The number of para-hydroxylation sites is 1. The molecule has 0 saturated carbocycles. The Morgan fingerprint density at radius 3 is 2.67 bits per heavy atom. The molecule has 2 aromatic rings. The Balaban J connectivity index is 1.96. The molecule has 0 spiro atoms. The summed E-state index contributed by atoms with van der Waals surface area (Å²) in [5, 5.41) is 6.27. The van der Waals surface area contributed by atoms with Gasteiger partial charge < -0.3 is 14.8 Å². The highest BCUT2D eigenvalue weighted by atomic mass is 79.9. The minimum atomic E-state index is -0.889. The van der Waals surface area contributed by atoms with E-state index in [0.717, 1.165) is 0 Å². The van der Waals surface area contributed by atoms with Crippen LogP contribution in [0.2, 0.25) is 0 Å². The molecule has 0 radical (unpaired) electrons. The summed E-state index contributed by atoms with van der Waals surface area (Å²) in [6.45, 7) is 3.94. The van der Waals surface area contributed by atoms with Crippen LogP contribution in [0, 0.1) is 0 Å². The number of benzene rings is 2. The number of carbonyl (C=O) groups excluding carboxylic acids is 2. The van der Waals surface area contributed by atoms with Crippen molar-refractivity contribution in [2.45, 2.75) is 0 Å². The molecule has 0 aliphatic rings. The van der Waals surface area contributed by atoms with Crippen molar-refractivity contribution in [3.8, 4) is 11.5 Å². The molecular formula is C19H18BrN3O4. The van der Waals surface area contributed by atoms with Crippen LogP contribution in [0.4, 0.5) is 5.69 Å². The Hall–Kier alpha value is -3.13. The molecular weight excluding hydrogens is 414 g/mol. The number of ether oxygens (including phenoxy) is 2. The number of hydrazone groups is 1. The molecule has 0 heterocycles. The molecule has 2 aromatic carbocycles. The van der Waals surface area contributed by atoms with Crippen LogP contribution in [0.1, 0.15) is 5.56 Å². The summed E-state index contributed by atoms with van der Waals surface area (Å²) in [6, 6.07) is 12.1. The number of hydrogen-bond acceptors (Lipinski definition) is 5. The molecule has 0 unspecified atom stereocenters. The summed E-state index contributed by atoms with van der Waals surface area (Å²) in [5.74, 6) is -0.644. The summed E-state index contributed by atoms with van der Waals surface area (Å²) in [7, 11) is 1.52. The number of nitrogens with zero attached hydrogens (tertiary/aromatic N) is 1. The van der Waals surface area contributed by atoms with E-state index < -0.39 is 11.8 Å². The van der Waals surface area contributed by atoms with Crippen LogP contribution >= 0.6 is 15.9 Å². The first kappa shape index (κ1) is 20.2. The predicted molar refractivity (Wildman–Crippen MR) is 107 cm³/mol. The van der Waals surface area contributed by atoms with E-state index >= 15 is 0 Å². The van der Waals surface area contributed by atoms with E-state index in [4.69, 9.17) is 9.47 Å². The van der Waals surface area contributed by atoms with Crippen LogP contribution in [-0.4, -0.2) is 31.7 Å². The van der Waals surface area contributed by atoms with Crippen LogP contribution in [0.25, 0.3) is 0 Å². The van der Waals surface area contributed by atoms with Gasteiger partial charge in [-0.3, -0.25) is 9.59 Å². The quantitative estimate of drug-likeness (QED) is 0.305. The van der Waals surface area contributed by atoms with E-state index in [9.17, 15) is 9.59 Å². The first-order chi connectivity index (χ1) is 13.0. The van der Waals surface area contributed by atoms with Crippen LogP contribution in [0.3, 0.4) is 0 Å². The van der Waals surface area contributed by atoms with E-state index in [0.29, 0.717) is 33.8 Å². The molecule has 0 saturated heterocycles. The Morgan fingerprint density at radius 1 is 1.19 bits per heavy atom. The number of anilines is 1. The van der Waals surface area contributed by atoms with Gasteiger partial charge in [-0.15, -0.1) is 0 Å². The second-order valence-electron chi connectivity index (χ2n) is 5.14. The van der Waals surface area contributed by atoms with Crippen molar-refractivity contribution in [3.63, 3.8) is 0 Å².